The molecule has 0 amide bonds. The fourth-order valence-corrected chi connectivity index (χ4v) is 2.32. The molecular weight excluding hydrogens is 263 g/mol. The van der Waals surface area contributed by atoms with Gasteiger partial charge in [0.1, 0.15) is 0 Å². The van der Waals surface area contributed by atoms with E-state index in [2.05, 4.69) is 0 Å². The number of fused-ring (bicyclic) bond motifs is 1. The Morgan fingerprint density at radius 1 is 1.16 bits per heavy atom. The Balaban J connectivity index is 0.000000861. The lowest BCUT2D eigenvalue weighted by molar-refractivity contribution is -0.139. The smallest absolute Gasteiger partial charge is 0.206 e. The highest BCUT2D eigenvalue weighted by atomic mass is 19.4. The maximum Gasteiger partial charge on any atom is 0.416 e. The molecule has 0 aliphatic heterocycles. The Bertz CT molecular complexity index is 434. The summed E-state index contributed by atoms with van der Waals surface area (Å²) in [4.78, 5) is 0. The average molecular weight is 280 g/mol. The number of benzene rings is 1. The third-order valence-electron chi connectivity index (χ3n) is 3.30. The van der Waals surface area contributed by atoms with Crippen LogP contribution in [0.15, 0.2) is 18.2 Å². The van der Waals surface area contributed by atoms with Gasteiger partial charge in [0.2, 0.25) is 0 Å². The Morgan fingerprint density at radius 2 is 1.74 bits per heavy atom. The zero-order valence-corrected chi connectivity index (χ0v) is 11.1. The molecule has 0 nitrogen and oxygen atoms in total. The van der Waals surface area contributed by atoms with Crippen molar-refractivity contribution in [3.8, 4) is 0 Å². The first-order valence-corrected chi connectivity index (χ1v) is 6.30. The number of rotatable bonds is 0. The van der Waals surface area contributed by atoms with Gasteiger partial charge in [0.15, 0.2) is 0 Å². The van der Waals surface area contributed by atoms with Crippen molar-refractivity contribution in [2.75, 3.05) is 0 Å². The van der Waals surface area contributed by atoms with Crippen LogP contribution in [0.5, 0.6) is 0 Å². The van der Waals surface area contributed by atoms with Crippen molar-refractivity contribution in [1.82, 2.24) is 0 Å². The van der Waals surface area contributed by atoms with E-state index in [1.807, 2.05) is 13.8 Å². The number of halogens is 5. The molecule has 0 saturated heterocycles. The van der Waals surface area contributed by atoms with Crippen LogP contribution in [0.3, 0.4) is 0 Å². The third kappa shape index (κ3) is 3.07. The van der Waals surface area contributed by atoms with Gasteiger partial charge < -0.3 is 0 Å². The maximum absolute atomic E-state index is 13.5. The topological polar surface area (TPSA) is 0 Å². The summed E-state index contributed by atoms with van der Waals surface area (Å²) in [6, 6.07) is 3.64. The number of hydrogen-bond donors (Lipinski definition) is 0. The highest BCUT2D eigenvalue weighted by Gasteiger charge is 2.46. The Labute approximate surface area is 109 Å². The second kappa shape index (κ2) is 5.47. The Kier molecular flexibility index (Phi) is 4.59. The van der Waals surface area contributed by atoms with E-state index in [4.69, 9.17) is 0 Å². The second-order valence-corrected chi connectivity index (χ2v) is 4.36. The first-order chi connectivity index (χ1) is 8.73. The lowest BCUT2D eigenvalue weighted by Crippen LogP contribution is -2.32. The minimum absolute atomic E-state index is 0.00338. The van der Waals surface area contributed by atoms with Crippen LogP contribution in [-0.4, -0.2) is 5.92 Å². The van der Waals surface area contributed by atoms with Crippen LogP contribution in [0.2, 0.25) is 0 Å². The van der Waals surface area contributed by atoms with Crippen LogP contribution in [0.1, 0.15) is 49.8 Å². The molecule has 0 radical (unpaired) electrons. The molecule has 0 saturated carbocycles. The van der Waals surface area contributed by atoms with Crippen molar-refractivity contribution >= 4 is 0 Å². The lowest BCUT2D eigenvalue weighted by atomic mass is 9.78. The number of alkyl halides is 5. The maximum atomic E-state index is 13.5. The third-order valence-corrected chi connectivity index (χ3v) is 3.30. The summed E-state index contributed by atoms with van der Waals surface area (Å²) in [7, 11) is 0. The van der Waals surface area contributed by atoms with E-state index < -0.39 is 23.6 Å². The van der Waals surface area contributed by atoms with Gasteiger partial charge in [-0.1, -0.05) is 32.9 Å². The summed E-state index contributed by atoms with van der Waals surface area (Å²) in [5.74, 6) is -4.45. The normalized spacial score (nSPS) is 21.2. The molecule has 0 aromatic heterocycles. The van der Waals surface area contributed by atoms with Gasteiger partial charge in [-0.25, -0.2) is 8.78 Å². The zero-order valence-electron chi connectivity index (χ0n) is 11.1. The Morgan fingerprint density at radius 3 is 2.26 bits per heavy atom. The molecule has 0 heterocycles. The number of hydrogen-bond acceptors (Lipinski definition) is 0. The van der Waals surface area contributed by atoms with Crippen LogP contribution in [-0.2, 0) is 12.6 Å². The molecule has 1 atom stereocenters. The molecule has 1 aromatic carbocycles. The minimum atomic E-state index is -4.58. The van der Waals surface area contributed by atoms with Crippen molar-refractivity contribution in [3.05, 3.63) is 34.9 Å². The molecule has 19 heavy (non-hydrogen) atoms. The number of aryl methyl sites for hydroxylation is 1. The summed E-state index contributed by atoms with van der Waals surface area (Å²) < 4.78 is 65.2. The molecule has 1 aliphatic rings. The second-order valence-electron chi connectivity index (χ2n) is 4.36. The molecule has 0 bridgehead atoms. The van der Waals surface area contributed by atoms with Gasteiger partial charge in [-0.2, -0.15) is 13.2 Å². The molecule has 0 N–H and O–H groups in total. The summed E-state index contributed by atoms with van der Waals surface area (Å²) in [6.45, 7) is 5.16. The van der Waals surface area contributed by atoms with E-state index in [0.29, 0.717) is 5.56 Å². The van der Waals surface area contributed by atoms with Gasteiger partial charge in [-0.15, -0.1) is 0 Å². The molecule has 1 aromatic rings. The lowest BCUT2D eigenvalue weighted by Gasteiger charge is -2.33. The van der Waals surface area contributed by atoms with E-state index in [9.17, 15) is 22.0 Å². The predicted molar refractivity (Wildman–Crippen MR) is 64.5 cm³/mol. The predicted octanol–water partition coefficient (Wildman–Crippen LogP) is 5.42. The molecule has 0 spiro atoms. The highest BCUT2D eigenvalue weighted by molar-refractivity contribution is 5.42. The first-order valence-electron chi connectivity index (χ1n) is 6.30. The van der Waals surface area contributed by atoms with Gasteiger partial charge in [-0.05, 0) is 23.6 Å². The fourth-order valence-electron chi connectivity index (χ4n) is 2.32. The van der Waals surface area contributed by atoms with Crippen molar-refractivity contribution in [2.45, 2.75) is 51.6 Å². The molecular formula is C14H17F5. The molecule has 108 valence electrons. The standard InChI is InChI=1S/C12H11F5.C2H6/c1-7-10-8(5-6-11(7,13)14)3-2-4-9(10)12(15,16)17;1-2/h2-4,7H,5-6H2,1H3;1-2H3. The monoisotopic (exact) mass is 280 g/mol. The SMILES string of the molecule is CC.CC1c2c(cccc2C(F)(F)F)CCC1(F)F. The van der Waals surface area contributed by atoms with Crippen molar-refractivity contribution in [2.24, 2.45) is 0 Å². The molecule has 2 rings (SSSR count). The minimum Gasteiger partial charge on any atom is -0.206 e. The van der Waals surface area contributed by atoms with Crippen LogP contribution in [0.25, 0.3) is 0 Å². The first kappa shape index (κ1) is 15.9. The quantitative estimate of drug-likeness (QED) is 0.557. The van der Waals surface area contributed by atoms with Crippen molar-refractivity contribution in [3.63, 3.8) is 0 Å². The van der Waals surface area contributed by atoms with Gasteiger partial charge in [-0.3, -0.25) is 0 Å². The van der Waals surface area contributed by atoms with Crippen molar-refractivity contribution in [1.29, 1.82) is 0 Å². The van der Waals surface area contributed by atoms with E-state index in [-0.39, 0.29) is 18.4 Å². The van der Waals surface area contributed by atoms with Crippen LogP contribution in [0, 0.1) is 0 Å². The highest BCUT2D eigenvalue weighted by Crippen LogP contribution is 2.47. The largest absolute Gasteiger partial charge is 0.416 e. The van der Waals surface area contributed by atoms with Crippen LogP contribution in [0.4, 0.5) is 22.0 Å². The van der Waals surface area contributed by atoms with Crippen molar-refractivity contribution < 1.29 is 22.0 Å². The summed E-state index contributed by atoms with van der Waals surface area (Å²) >= 11 is 0. The fraction of sp³-hybridized carbons (Fsp3) is 0.571. The average Bonchev–Trinajstić information content (AvgIpc) is 2.35. The van der Waals surface area contributed by atoms with E-state index in [1.165, 1.54) is 12.1 Å². The van der Waals surface area contributed by atoms with Crippen LogP contribution < -0.4 is 0 Å². The summed E-state index contributed by atoms with van der Waals surface area (Å²) in [6.07, 6.45) is -4.97. The van der Waals surface area contributed by atoms with E-state index >= 15 is 0 Å². The summed E-state index contributed by atoms with van der Waals surface area (Å²) in [5, 5.41) is 0. The molecule has 0 fully saturated rings. The van der Waals surface area contributed by atoms with Gasteiger partial charge >= 0.3 is 6.18 Å². The van der Waals surface area contributed by atoms with E-state index in [0.717, 1.165) is 13.0 Å². The zero-order chi connectivity index (χ0) is 14.8. The van der Waals surface area contributed by atoms with E-state index in [1.54, 1.807) is 0 Å². The van der Waals surface area contributed by atoms with Gasteiger partial charge in [0, 0.05) is 12.3 Å². The molecule has 1 aliphatic carbocycles. The molecule has 1 unspecified atom stereocenters. The van der Waals surface area contributed by atoms with Crippen LogP contribution >= 0.6 is 0 Å². The van der Waals surface area contributed by atoms with Gasteiger partial charge in [0.05, 0.1) is 5.56 Å². The van der Waals surface area contributed by atoms with Gasteiger partial charge in [0.25, 0.3) is 5.92 Å². The summed E-state index contributed by atoms with van der Waals surface area (Å²) in [5.41, 5.74) is -0.781. The molecule has 5 heteroatoms. The Hall–Kier alpha value is -1.13.